The summed E-state index contributed by atoms with van der Waals surface area (Å²) in [6.07, 6.45) is -0.631. The molecule has 5 nitrogen and oxygen atoms in total. The van der Waals surface area contributed by atoms with Crippen LogP contribution in [0.2, 0.25) is 0 Å². The molecule has 0 unspecified atom stereocenters. The van der Waals surface area contributed by atoms with Crippen molar-refractivity contribution in [1.29, 1.82) is 0 Å². The molecule has 146 valence electrons. The Hall–Kier alpha value is -1.57. The number of hydrogen-bond donors (Lipinski definition) is 3. The molecule has 3 rings (SSSR count). The molecular formula is C21H27NO4S. The molecule has 6 heteroatoms. The molecular weight excluding hydrogens is 362 g/mol. The van der Waals surface area contributed by atoms with E-state index in [2.05, 4.69) is 6.92 Å². The number of aliphatic hydroxyl groups is 2. The minimum Gasteiger partial charge on any atom is -0.399 e. The number of nitrogens with two attached hydrogens (primary N) is 1. The summed E-state index contributed by atoms with van der Waals surface area (Å²) in [5.41, 5.74) is 9.45. The summed E-state index contributed by atoms with van der Waals surface area (Å²) in [7, 11) is 0. The zero-order valence-corrected chi connectivity index (χ0v) is 16.3. The fourth-order valence-electron chi connectivity index (χ4n) is 3.28. The number of thioether (sulfide) groups is 1. The van der Waals surface area contributed by atoms with Gasteiger partial charge >= 0.3 is 0 Å². The maximum atomic E-state index is 9.28. The van der Waals surface area contributed by atoms with Crippen LogP contribution in [0.25, 0.3) is 0 Å². The molecule has 0 radical (unpaired) electrons. The highest BCUT2D eigenvalue weighted by Crippen LogP contribution is 2.42. The average molecular weight is 390 g/mol. The molecule has 4 atom stereocenters. The summed E-state index contributed by atoms with van der Waals surface area (Å²) in [4.78, 5) is 0. The summed E-state index contributed by atoms with van der Waals surface area (Å²) >= 11 is 1.68. The second kappa shape index (κ2) is 9.57. The van der Waals surface area contributed by atoms with Crippen molar-refractivity contribution in [2.24, 2.45) is 5.92 Å². The van der Waals surface area contributed by atoms with E-state index >= 15 is 0 Å². The second-order valence-electron chi connectivity index (χ2n) is 6.79. The van der Waals surface area contributed by atoms with E-state index < -0.39 is 6.29 Å². The number of benzene rings is 2. The Balaban J connectivity index is 1.85. The monoisotopic (exact) mass is 389 g/mol. The van der Waals surface area contributed by atoms with E-state index in [9.17, 15) is 5.11 Å². The van der Waals surface area contributed by atoms with Gasteiger partial charge in [-0.25, -0.2) is 0 Å². The summed E-state index contributed by atoms with van der Waals surface area (Å²) in [5, 5.41) is 18.4. The molecule has 1 aliphatic rings. The Morgan fingerprint density at radius 3 is 2.48 bits per heavy atom. The van der Waals surface area contributed by atoms with Gasteiger partial charge in [-0.2, -0.15) is 11.8 Å². The van der Waals surface area contributed by atoms with Gasteiger partial charge in [-0.05, 0) is 23.3 Å². The SMILES string of the molecule is C[C@H]1[C@@H](CSCCO)O[C@@H](c2cccc(N)c2)O[C@H]1c1ccc(CO)cc1. The molecule has 0 saturated carbocycles. The lowest BCUT2D eigenvalue weighted by molar-refractivity contribution is -0.268. The van der Waals surface area contributed by atoms with Crippen LogP contribution in [-0.4, -0.2) is 34.4 Å². The van der Waals surface area contributed by atoms with Crippen molar-refractivity contribution in [3.8, 4) is 0 Å². The minimum atomic E-state index is -0.494. The molecule has 1 fully saturated rings. The van der Waals surface area contributed by atoms with Crippen LogP contribution >= 0.6 is 11.8 Å². The highest BCUT2D eigenvalue weighted by molar-refractivity contribution is 7.99. The minimum absolute atomic E-state index is 0.00995. The fraction of sp³-hybridized carbons (Fsp3) is 0.429. The lowest BCUT2D eigenvalue weighted by atomic mass is 9.91. The predicted molar refractivity (Wildman–Crippen MR) is 108 cm³/mol. The van der Waals surface area contributed by atoms with Gasteiger partial charge in [-0.1, -0.05) is 43.3 Å². The van der Waals surface area contributed by atoms with Crippen molar-refractivity contribution in [2.45, 2.75) is 32.0 Å². The lowest BCUT2D eigenvalue weighted by Gasteiger charge is -2.41. The topological polar surface area (TPSA) is 84.9 Å². The van der Waals surface area contributed by atoms with E-state index in [-0.39, 0.29) is 31.3 Å². The van der Waals surface area contributed by atoms with Gasteiger partial charge in [0.25, 0.3) is 0 Å². The molecule has 0 bridgehead atoms. The molecule has 27 heavy (non-hydrogen) atoms. The van der Waals surface area contributed by atoms with Crippen LogP contribution in [0.3, 0.4) is 0 Å². The molecule has 0 amide bonds. The first kappa shape index (κ1) is 20.2. The molecule has 2 aromatic carbocycles. The van der Waals surface area contributed by atoms with Gasteiger partial charge in [-0.15, -0.1) is 0 Å². The third-order valence-electron chi connectivity index (χ3n) is 4.82. The number of ether oxygens (including phenoxy) is 2. The second-order valence-corrected chi connectivity index (χ2v) is 7.94. The molecule has 0 aliphatic carbocycles. The zero-order valence-electron chi connectivity index (χ0n) is 15.5. The summed E-state index contributed by atoms with van der Waals surface area (Å²) in [6, 6.07) is 15.4. The fourth-order valence-corrected chi connectivity index (χ4v) is 4.19. The Kier molecular flexibility index (Phi) is 7.15. The Labute approximate surface area is 164 Å². The van der Waals surface area contributed by atoms with E-state index in [0.717, 1.165) is 22.4 Å². The Morgan fingerprint density at radius 2 is 1.81 bits per heavy atom. The lowest BCUT2D eigenvalue weighted by Crippen LogP contribution is -2.38. The quantitative estimate of drug-likeness (QED) is 0.498. The molecule has 1 heterocycles. The number of nitrogen functional groups attached to an aromatic ring is 1. The van der Waals surface area contributed by atoms with Crippen molar-refractivity contribution in [2.75, 3.05) is 23.8 Å². The van der Waals surface area contributed by atoms with Crippen molar-refractivity contribution in [1.82, 2.24) is 0 Å². The highest BCUT2D eigenvalue weighted by Gasteiger charge is 2.38. The largest absolute Gasteiger partial charge is 0.399 e. The molecule has 1 aliphatic heterocycles. The van der Waals surface area contributed by atoms with E-state index in [1.54, 1.807) is 11.8 Å². The molecule has 1 saturated heterocycles. The van der Waals surface area contributed by atoms with Crippen LogP contribution in [0.5, 0.6) is 0 Å². The third-order valence-corrected chi connectivity index (χ3v) is 5.86. The zero-order chi connectivity index (χ0) is 19.2. The maximum Gasteiger partial charge on any atom is 0.185 e. The first-order valence-electron chi connectivity index (χ1n) is 9.17. The standard InChI is InChI=1S/C21H27NO4S/c1-14-19(13-27-10-9-23)25-21(17-3-2-4-18(22)11-17)26-20(14)16-7-5-15(12-24)6-8-16/h2-8,11,14,19-21,23-24H,9-10,12-13,22H2,1H3/t14-,19+,20+,21+/m0/s1. The first-order valence-corrected chi connectivity index (χ1v) is 10.3. The van der Waals surface area contributed by atoms with Crippen LogP contribution in [-0.2, 0) is 16.1 Å². The van der Waals surface area contributed by atoms with E-state index in [4.69, 9.17) is 20.3 Å². The molecule has 0 spiro atoms. The number of rotatable bonds is 7. The van der Waals surface area contributed by atoms with Crippen molar-refractivity contribution < 1.29 is 19.7 Å². The molecule has 2 aromatic rings. The van der Waals surface area contributed by atoms with Crippen LogP contribution in [0.1, 0.15) is 36.0 Å². The normalized spacial score (nSPS) is 25.4. The molecule has 0 aromatic heterocycles. The van der Waals surface area contributed by atoms with Crippen molar-refractivity contribution >= 4 is 17.4 Å². The predicted octanol–water partition coefficient (Wildman–Crippen LogP) is 3.28. The number of aliphatic hydroxyl groups excluding tert-OH is 2. The summed E-state index contributed by atoms with van der Waals surface area (Å²) in [5.74, 6) is 1.62. The third kappa shape index (κ3) is 5.03. The van der Waals surface area contributed by atoms with E-state index in [1.807, 2.05) is 48.5 Å². The Bertz CT molecular complexity index is 724. The van der Waals surface area contributed by atoms with Crippen LogP contribution in [0, 0.1) is 5.92 Å². The van der Waals surface area contributed by atoms with Gasteiger partial charge in [0.15, 0.2) is 6.29 Å². The number of hydrogen-bond acceptors (Lipinski definition) is 6. The first-order chi connectivity index (χ1) is 13.1. The van der Waals surface area contributed by atoms with Gasteiger partial charge in [0.1, 0.15) is 0 Å². The highest BCUT2D eigenvalue weighted by atomic mass is 32.2. The van der Waals surface area contributed by atoms with Crippen molar-refractivity contribution in [3.63, 3.8) is 0 Å². The van der Waals surface area contributed by atoms with Crippen LogP contribution < -0.4 is 5.73 Å². The van der Waals surface area contributed by atoms with Gasteiger partial charge in [-0.3, -0.25) is 0 Å². The van der Waals surface area contributed by atoms with E-state index in [1.165, 1.54) is 0 Å². The van der Waals surface area contributed by atoms with Crippen LogP contribution in [0.4, 0.5) is 5.69 Å². The van der Waals surface area contributed by atoms with Crippen LogP contribution in [0.15, 0.2) is 48.5 Å². The average Bonchev–Trinajstić information content (AvgIpc) is 2.69. The summed E-state index contributed by atoms with van der Waals surface area (Å²) < 4.78 is 12.6. The number of anilines is 1. The van der Waals surface area contributed by atoms with Gasteiger partial charge in [0.05, 0.1) is 25.4 Å². The molecule has 4 N–H and O–H groups in total. The van der Waals surface area contributed by atoms with Gasteiger partial charge < -0.3 is 25.4 Å². The smallest absolute Gasteiger partial charge is 0.185 e. The van der Waals surface area contributed by atoms with E-state index in [0.29, 0.717) is 11.4 Å². The Morgan fingerprint density at radius 1 is 1.04 bits per heavy atom. The summed E-state index contributed by atoms with van der Waals surface area (Å²) in [6.45, 7) is 2.31. The van der Waals surface area contributed by atoms with Crippen molar-refractivity contribution in [3.05, 3.63) is 65.2 Å². The van der Waals surface area contributed by atoms with Gasteiger partial charge in [0.2, 0.25) is 0 Å². The maximum absolute atomic E-state index is 9.28. The van der Waals surface area contributed by atoms with Gasteiger partial charge in [0, 0.05) is 28.7 Å².